The molecule has 3 aromatic carbocycles. The topological polar surface area (TPSA) is 92.9 Å². The maximum atomic E-state index is 13.2. The van der Waals surface area contributed by atoms with Crippen LogP contribution in [0.1, 0.15) is 27.8 Å². The molecule has 35 heavy (non-hydrogen) atoms. The van der Waals surface area contributed by atoms with E-state index in [0.717, 1.165) is 22.3 Å². The summed E-state index contributed by atoms with van der Waals surface area (Å²) < 4.78 is 6.81. The summed E-state index contributed by atoms with van der Waals surface area (Å²) >= 11 is 0. The molecule has 1 amide bonds. The average molecular weight is 470 g/mol. The number of rotatable bonds is 6. The summed E-state index contributed by atoms with van der Waals surface area (Å²) in [4.78, 5) is 25.5. The van der Waals surface area contributed by atoms with Gasteiger partial charge in [0.05, 0.1) is 17.5 Å². The van der Waals surface area contributed by atoms with E-state index < -0.39 is 5.91 Å². The Morgan fingerprint density at radius 3 is 2.34 bits per heavy atom. The number of benzene rings is 3. The summed E-state index contributed by atoms with van der Waals surface area (Å²) in [6.45, 7) is 7.62. The molecule has 7 heteroatoms. The fraction of sp³-hybridized carbons (Fsp3) is 0.179. The van der Waals surface area contributed by atoms with E-state index in [9.17, 15) is 14.7 Å². The van der Waals surface area contributed by atoms with Gasteiger partial charge in [-0.25, -0.2) is 9.99 Å². The molecule has 2 N–H and O–H groups in total. The van der Waals surface area contributed by atoms with Crippen LogP contribution in [0, 0.1) is 27.7 Å². The van der Waals surface area contributed by atoms with Crippen molar-refractivity contribution in [2.75, 3.05) is 6.61 Å². The van der Waals surface area contributed by atoms with Crippen LogP contribution in [-0.2, 0) is 4.79 Å². The number of carbonyl (C=O) groups excluding carboxylic acids is 1. The van der Waals surface area contributed by atoms with Gasteiger partial charge in [0.15, 0.2) is 6.61 Å². The molecule has 0 bridgehead atoms. The summed E-state index contributed by atoms with van der Waals surface area (Å²) in [5.74, 6) is -0.112. The predicted molar refractivity (Wildman–Crippen MR) is 138 cm³/mol. The van der Waals surface area contributed by atoms with Crippen molar-refractivity contribution in [3.05, 3.63) is 98.8 Å². The van der Waals surface area contributed by atoms with Gasteiger partial charge in [-0.3, -0.25) is 9.59 Å². The largest absolute Gasteiger partial charge is 0.494 e. The minimum Gasteiger partial charge on any atom is -0.494 e. The van der Waals surface area contributed by atoms with Crippen molar-refractivity contribution >= 4 is 22.9 Å². The Balaban J connectivity index is 1.62. The van der Waals surface area contributed by atoms with Crippen molar-refractivity contribution in [2.45, 2.75) is 27.7 Å². The number of amides is 1. The van der Waals surface area contributed by atoms with Crippen molar-refractivity contribution in [3.63, 3.8) is 0 Å². The van der Waals surface area contributed by atoms with Crippen molar-refractivity contribution in [1.82, 2.24) is 9.99 Å². The number of fused-ring (bicyclic) bond motifs is 1. The predicted octanol–water partition coefficient (Wildman–Crippen LogP) is 4.46. The Labute approximate surface area is 203 Å². The number of aromatic nitrogens is 1. The lowest BCUT2D eigenvalue weighted by molar-refractivity contribution is -0.123. The quantitative estimate of drug-likeness (QED) is 0.322. The summed E-state index contributed by atoms with van der Waals surface area (Å²) in [7, 11) is 0. The van der Waals surface area contributed by atoms with Crippen LogP contribution in [0.25, 0.3) is 16.5 Å². The van der Waals surface area contributed by atoms with Gasteiger partial charge >= 0.3 is 0 Å². The Morgan fingerprint density at radius 2 is 1.66 bits per heavy atom. The van der Waals surface area contributed by atoms with E-state index in [-0.39, 0.29) is 18.0 Å². The molecule has 0 radical (unpaired) electrons. The van der Waals surface area contributed by atoms with Gasteiger partial charge in [0, 0.05) is 10.8 Å². The number of ether oxygens (including phenoxy) is 1. The van der Waals surface area contributed by atoms with Crippen LogP contribution in [0.15, 0.2) is 70.6 Å². The summed E-state index contributed by atoms with van der Waals surface area (Å²) in [6.07, 6.45) is 1.34. The van der Waals surface area contributed by atoms with Crippen LogP contribution in [0.5, 0.6) is 11.6 Å². The van der Waals surface area contributed by atoms with Crippen LogP contribution in [-0.4, -0.2) is 28.4 Å². The van der Waals surface area contributed by atoms with Gasteiger partial charge in [-0.2, -0.15) is 5.10 Å². The molecule has 0 aliphatic heterocycles. The molecule has 4 rings (SSSR count). The van der Waals surface area contributed by atoms with E-state index in [4.69, 9.17) is 4.74 Å². The van der Waals surface area contributed by atoms with Crippen molar-refractivity contribution in [3.8, 4) is 17.3 Å². The van der Waals surface area contributed by atoms with E-state index in [1.165, 1.54) is 10.8 Å². The second kappa shape index (κ2) is 9.85. The molecular formula is C28H27N3O4. The molecule has 0 saturated heterocycles. The molecule has 0 saturated carbocycles. The Bertz CT molecular complexity index is 1500. The smallest absolute Gasteiger partial charge is 0.277 e. The molecule has 0 atom stereocenters. The zero-order chi connectivity index (χ0) is 25.1. The fourth-order valence-corrected chi connectivity index (χ4v) is 3.96. The highest BCUT2D eigenvalue weighted by Crippen LogP contribution is 2.26. The third kappa shape index (κ3) is 5.09. The van der Waals surface area contributed by atoms with E-state index >= 15 is 0 Å². The van der Waals surface area contributed by atoms with E-state index in [1.54, 1.807) is 30.3 Å². The van der Waals surface area contributed by atoms with Crippen LogP contribution in [0.2, 0.25) is 0 Å². The molecule has 0 spiro atoms. The highest BCUT2D eigenvalue weighted by atomic mass is 16.5. The van der Waals surface area contributed by atoms with Crippen molar-refractivity contribution in [2.24, 2.45) is 5.10 Å². The third-order valence-corrected chi connectivity index (χ3v) is 5.80. The van der Waals surface area contributed by atoms with Crippen LogP contribution in [0.4, 0.5) is 0 Å². The molecule has 0 aliphatic carbocycles. The molecule has 1 aromatic heterocycles. The average Bonchev–Trinajstić information content (AvgIpc) is 2.81. The van der Waals surface area contributed by atoms with Crippen LogP contribution < -0.4 is 15.7 Å². The zero-order valence-corrected chi connectivity index (χ0v) is 20.1. The number of nitrogens with zero attached hydrogens (tertiary/aromatic N) is 2. The molecule has 0 fully saturated rings. The van der Waals surface area contributed by atoms with E-state index in [2.05, 4.69) is 10.5 Å². The molecular weight excluding hydrogens is 442 g/mol. The Hall–Kier alpha value is -4.39. The number of pyridine rings is 1. The molecule has 1 heterocycles. The number of hydrogen-bond donors (Lipinski definition) is 2. The standard InChI is InChI=1S/C28H27N3O4/c1-17-11-18(2)13-22(12-17)35-16-26(32)30-29-15-25-23-7-5-6-8-24(23)27(33)31(28(25)34)21-10-9-19(3)20(4)14-21/h5-15,34H,16H2,1-4H3,(H,30,32)/b29-15+. The lowest BCUT2D eigenvalue weighted by Crippen LogP contribution is -2.25. The van der Waals surface area contributed by atoms with Gasteiger partial charge in [0.25, 0.3) is 11.5 Å². The number of hydrogen-bond acceptors (Lipinski definition) is 5. The highest BCUT2D eigenvalue weighted by molar-refractivity contribution is 6.02. The number of hydrazone groups is 1. The SMILES string of the molecule is Cc1cc(C)cc(OCC(=O)N/N=C/c2c(O)n(-c3ccc(C)c(C)c3)c(=O)c3ccccc23)c1. The number of aryl methyl sites for hydroxylation is 4. The zero-order valence-electron chi connectivity index (χ0n) is 20.1. The first-order chi connectivity index (χ1) is 16.7. The minimum atomic E-state index is -0.452. The number of aromatic hydroxyl groups is 1. The molecule has 7 nitrogen and oxygen atoms in total. The number of carbonyl (C=O) groups is 1. The van der Waals surface area contributed by atoms with Gasteiger partial charge in [0.1, 0.15) is 5.75 Å². The summed E-state index contributed by atoms with van der Waals surface area (Å²) in [5, 5.41) is 16.1. The second-order valence-corrected chi connectivity index (χ2v) is 8.60. The summed E-state index contributed by atoms with van der Waals surface area (Å²) in [5.41, 5.74) is 7.09. The Kier molecular flexibility index (Phi) is 6.68. The lowest BCUT2D eigenvalue weighted by atomic mass is 10.1. The van der Waals surface area contributed by atoms with Crippen LogP contribution in [0.3, 0.4) is 0 Å². The molecule has 0 unspecified atom stereocenters. The third-order valence-electron chi connectivity index (χ3n) is 5.80. The van der Waals surface area contributed by atoms with Crippen molar-refractivity contribution in [1.29, 1.82) is 0 Å². The van der Waals surface area contributed by atoms with Crippen molar-refractivity contribution < 1.29 is 14.6 Å². The first-order valence-electron chi connectivity index (χ1n) is 11.2. The first kappa shape index (κ1) is 23.8. The summed E-state index contributed by atoms with van der Waals surface area (Å²) in [6, 6.07) is 18.2. The molecule has 4 aromatic rings. The second-order valence-electron chi connectivity index (χ2n) is 8.60. The van der Waals surface area contributed by atoms with Gasteiger partial charge < -0.3 is 9.84 Å². The van der Waals surface area contributed by atoms with Crippen LogP contribution >= 0.6 is 0 Å². The maximum Gasteiger partial charge on any atom is 0.277 e. The molecule has 178 valence electrons. The minimum absolute atomic E-state index is 0.213. The van der Waals surface area contributed by atoms with Gasteiger partial charge in [-0.1, -0.05) is 30.3 Å². The molecule has 0 aliphatic rings. The fourth-order valence-electron chi connectivity index (χ4n) is 3.96. The first-order valence-corrected chi connectivity index (χ1v) is 11.2. The van der Waals surface area contributed by atoms with Gasteiger partial charge in [-0.15, -0.1) is 0 Å². The highest BCUT2D eigenvalue weighted by Gasteiger charge is 2.16. The van der Waals surface area contributed by atoms with E-state index in [0.29, 0.717) is 27.8 Å². The van der Waals surface area contributed by atoms with Gasteiger partial charge in [-0.05, 0) is 80.3 Å². The van der Waals surface area contributed by atoms with E-state index in [1.807, 2.05) is 58.0 Å². The lowest BCUT2D eigenvalue weighted by Gasteiger charge is -2.14. The Morgan fingerprint density at radius 1 is 0.971 bits per heavy atom. The normalized spacial score (nSPS) is 11.2. The maximum absolute atomic E-state index is 13.2. The number of nitrogens with one attached hydrogen (secondary N) is 1. The monoisotopic (exact) mass is 469 g/mol. The van der Waals surface area contributed by atoms with Gasteiger partial charge in [0.2, 0.25) is 5.88 Å².